The molecule has 0 saturated carbocycles. The molecular formula is C25H48F2N2O5. The Kier molecular flexibility index (Phi) is 23.3. The molecule has 9 heteroatoms. The normalized spacial score (nSPS) is 12.5. The molecule has 0 aromatic carbocycles. The molecule has 0 aliphatic heterocycles. The van der Waals surface area contributed by atoms with Gasteiger partial charge < -0.3 is 21.3 Å². The summed E-state index contributed by atoms with van der Waals surface area (Å²) in [6.07, 6.45) is 12.4. The minimum atomic E-state index is -3.14. The van der Waals surface area contributed by atoms with Gasteiger partial charge >= 0.3 is 11.9 Å². The van der Waals surface area contributed by atoms with Crippen molar-refractivity contribution in [1.82, 2.24) is 5.32 Å². The molecule has 0 heterocycles. The van der Waals surface area contributed by atoms with Gasteiger partial charge in [-0.3, -0.25) is 9.59 Å². The zero-order valence-corrected chi connectivity index (χ0v) is 21.3. The van der Waals surface area contributed by atoms with Crippen LogP contribution in [0.5, 0.6) is 0 Å². The first-order chi connectivity index (χ1) is 16.1. The van der Waals surface area contributed by atoms with Gasteiger partial charge in [-0.25, -0.2) is 13.6 Å². The van der Waals surface area contributed by atoms with Crippen LogP contribution in [-0.4, -0.2) is 46.6 Å². The first-order valence-corrected chi connectivity index (χ1v) is 12.9. The highest BCUT2D eigenvalue weighted by Crippen LogP contribution is 2.19. The van der Waals surface area contributed by atoms with Crippen LogP contribution in [0.2, 0.25) is 0 Å². The van der Waals surface area contributed by atoms with Crippen LogP contribution in [0.3, 0.4) is 0 Å². The lowest BCUT2D eigenvalue weighted by molar-refractivity contribution is -0.150. The molecule has 0 aliphatic carbocycles. The second kappa shape index (κ2) is 23.0. The van der Waals surface area contributed by atoms with E-state index < -0.39 is 23.9 Å². The molecule has 7 nitrogen and oxygen atoms in total. The van der Waals surface area contributed by atoms with Crippen LogP contribution >= 0.6 is 0 Å². The first kappa shape index (κ1) is 34.4. The van der Waals surface area contributed by atoms with E-state index in [2.05, 4.69) is 12.2 Å². The lowest BCUT2D eigenvalue weighted by Gasteiger charge is -2.23. The molecular weight excluding hydrogens is 446 g/mol. The molecule has 34 heavy (non-hydrogen) atoms. The van der Waals surface area contributed by atoms with Crippen molar-refractivity contribution in [2.75, 3.05) is 6.54 Å². The summed E-state index contributed by atoms with van der Waals surface area (Å²) in [5.74, 6) is -2.53. The molecule has 0 spiro atoms. The highest BCUT2D eigenvalue weighted by Gasteiger charge is 2.43. The van der Waals surface area contributed by atoms with Gasteiger partial charge in [0, 0.05) is 19.4 Å². The summed E-state index contributed by atoms with van der Waals surface area (Å²) in [4.78, 5) is 32.3. The van der Waals surface area contributed by atoms with Crippen LogP contribution in [0.1, 0.15) is 123 Å². The van der Waals surface area contributed by atoms with Crippen LogP contribution in [0.25, 0.3) is 0 Å². The molecule has 0 saturated heterocycles. The van der Waals surface area contributed by atoms with Crippen molar-refractivity contribution in [2.45, 2.75) is 135 Å². The molecule has 0 fully saturated rings. The van der Waals surface area contributed by atoms with Gasteiger partial charge in [0.05, 0.1) is 0 Å². The minimum absolute atomic E-state index is 0.108. The zero-order valence-electron chi connectivity index (χ0n) is 21.3. The number of carbonyl (C=O) groups excluding carboxylic acids is 1. The van der Waals surface area contributed by atoms with Crippen molar-refractivity contribution in [3.05, 3.63) is 0 Å². The van der Waals surface area contributed by atoms with Crippen molar-refractivity contribution in [2.24, 2.45) is 5.73 Å². The molecule has 0 bridgehead atoms. The number of nitrogens with one attached hydrogen (secondary N) is 1. The van der Waals surface area contributed by atoms with E-state index in [9.17, 15) is 23.2 Å². The number of aliphatic carboxylic acids is 2. The van der Waals surface area contributed by atoms with Gasteiger partial charge in [0.2, 0.25) is 5.91 Å². The maximum absolute atomic E-state index is 12.7. The molecule has 0 aromatic heterocycles. The molecule has 1 amide bonds. The second-order valence-corrected chi connectivity index (χ2v) is 8.88. The average Bonchev–Trinajstić information content (AvgIpc) is 2.78. The predicted octanol–water partition coefficient (Wildman–Crippen LogP) is 5.89. The third-order valence-corrected chi connectivity index (χ3v) is 5.63. The molecule has 0 rings (SSSR count). The third-order valence-electron chi connectivity index (χ3n) is 5.63. The van der Waals surface area contributed by atoms with Gasteiger partial charge in [-0.05, 0) is 25.7 Å². The fraction of sp³-hybridized carbons (Fsp3) is 0.880. The lowest BCUT2D eigenvalue weighted by atomic mass is 9.95. The third kappa shape index (κ3) is 20.8. The fourth-order valence-corrected chi connectivity index (χ4v) is 3.28. The Labute approximate surface area is 204 Å². The van der Waals surface area contributed by atoms with Crippen molar-refractivity contribution < 1.29 is 33.4 Å². The summed E-state index contributed by atoms with van der Waals surface area (Å²) < 4.78 is 25.4. The fourth-order valence-electron chi connectivity index (χ4n) is 3.28. The Balaban J connectivity index is 0. The van der Waals surface area contributed by atoms with Crippen LogP contribution in [0, 0.1) is 0 Å². The molecule has 0 aliphatic rings. The second-order valence-electron chi connectivity index (χ2n) is 8.88. The Bertz CT molecular complexity index is 535. The monoisotopic (exact) mass is 494 g/mol. The van der Waals surface area contributed by atoms with Gasteiger partial charge in [-0.15, -0.1) is 0 Å². The summed E-state index contributed by atoms with van der Waals surface area (Å²) in [6, 6.07) is 0. The Hall–Kier alpha value is -1.77. The molecule has 202 valence electrons. The standard InChI is InChI=1S/C20H38F2N2O3.C5H10O2/c1-2-3-4-5-6-7-8-9-10-11-12-14-17(25)24-16-13-15-20(23,18(21)22)19(26)27;1-2-3-4-5(6)7/h18H,2-16,23H2,1H3,(H,24,25)(H,26,27);2-4H2,1H3,(H,6,7). The molecule has 5 N–H and O–H groups in total. The number of rotatable bonds is 21. The number of carboxylic acids is 2. The largest absolute Gasteiger partial charge is 0.481 e. The zero-order chi connectivity index (χ0) is 26.2. The molecule has 0 radical (unpaired) electrons. The minimum Gasteiger partial charge on any atom is -0.481 e. The van der Waals surface area contributed by atoms with E-state index in [-0.39, 0.29) is 25.3 Å². The van der Waals surface area contributed by atoms with Gasteiger partial charge in [0.1, 0.15) is 0 Å². The smallest absolute Gasteiger partial charge is 0.329 e. The van der Waals surface area contributed by atoms with E-state index in [1.165, 1.54) is 51.4 Å². The van der Waals surface area contributed by atoms with Crippen molar-refractivity contribution in [1.29, 1.82) is 0 Å². The van der Waals surface area contributed by atoms with Crippen molar-refractivity contribution in [3.63, 3.8) is 0 Å². The molecule has 0 aromatic rings. The number of carboxylic acid groups (broad SMARTS) is 2. The highest BCUT2D eigenvalue weighted by atomic mass is 19.3. The predicted molar refractivity (Wildman–Crippen MR) is 131 cm³/mol. The number of nitrogens with two attached hydrogens (primary N) is 1. The summed E-state index contributed by atoms with van der Waals surface area (Å²) in [5.41, 5.74) is 2.68. The number of amides is 1. The van der Waals surface area contributed by atoms with E-state index in [1.54, 1.807) is 0 Å². The van der Waals surface area contributed by atoms with Crippen LogP contribution in [0.15, 0.2) is 0 Å². The van der Waals surface area contributed by atoms with Crippen LogP contribution in [0.4, 0.5) is 8.78 Å². The summed E-state index contributed by atoms with van der Waals surface area (Å²) in [6.45, 7) is 4.36. The van der Waals surface area contributed by atoms with Gasteiger partial charge in [-0.2, -0.15) is 0 Å². The van der Waals surface area contributed by atoms with Gasteiger partial charge in [0.15, 0.2) is 5.54 Å². The summed E-state index contributed by atoms with van der Waals surface area (Å²) in [7, 11) is 0. The number of hydrogen-bond donors (Lipinski definition) is 4. The Morgan fingerprint density at radius 3 is 1.62 bits per heavy atom. The first-order valence-electron chi connectivity index (χ1n) is 12.9. The summed E-state index contributed by atoms with van der Waals surface area (Å²) >= 11 is 0. The number of carbonyl (C=O) groups is 3. The van der Waals surface area contributed by atoms with Crippen molar-refractivity contribution in [3.8, 4) is 0 Å². The average molecular weight is 495 g/mol. The van der Waals surface area contributed by atoms with E-state index in [0.717, 1.165) is 32.1 Å². The number of unbranched alkanes of at least 4 members (excludes halogenated alkanes) is 11. The number of halogens is 2. The Morgan fingerprint density at radius 2 is 1.24 bits per heavy atom. The Morgan fingerprint density at radius 1 is 0.765 bits per heavy atom. The summed E-state index contributed by atoms with van der Waals surface area (Å²) in [5, 5.41) is 19.5. The quantitative estimate of drug-likeness (QED) is 0.147. The van der Waals surface area contributed by atoms with Crippen LogP contribution in [-0.2, 0) is 14.4 Å². The van der Waals surface area contributed by atoms with E-state index >= 15 is 0 Å². The molecule has 1 atom stereocenters. The number of hydrogen-bond acceptors (Lipinski definition) is 4. The van der Waals surface area contributed by atoms with E-state index in [0.29, 0.717) is 12.8 Å². The topological polar surface area (TPSA) is 130 Å². The maximum atomic E-state index is 12.7. The highest BCUT2D eigenvalue weighted by molar-refractivity contribution is 5.79. The lowest BCUT2D eigenvalue weighted by Crippen LogP contribution is -2.54. The van der Waals surface area contributed by atoms with E-state index in [1.807, 2.05) is 6.92 Å². The number of alkyl halides is 2. The molecule has 1 unspecified atom stereocenters. The van der Waals surface area contributed by atoms with Crippen molar-refractivity contribution >= 4 is 17.8 Å². The van der Waals surface area contributed by atoms with E-state index in [4.69, 9.17) is 15.9 Å². The SMILES string of the molecule is CCCCC(=O)O.CCCCCCCCCCCCCC(=O)NCCCC(N)(C(=O)O)C(F)F. The van der Waals surface area contributed by atoms with Gasteiger partial charge in [-0.1, -0.05) is 84.5 Å². The van der Waals surface area contributed by atoms with Crippen LogP contribution < -0.4 is 11.1 Å². The van der Waals surface area contributed by atoms with Gasteiger partial charge in [0.25, 0.3) is 6.43 Å². The maximum Gasteiger partial charge on any atom is 0.329 e.